The van der Waals surface area contributed by atoms with Gasteiger partial charge in [0, 0.05) is 23.5 Å². The highest BCUT2D eigenvalue weighted by Crippen LogP contribution is 2.16. The van der Waals surface area contributed by atoms with Crippen molar-refractivity contribution in [3.05, 3.63) is 59.4 Å². The van der Waals surface area contributed by atoms with E-state index >= 15 is 0 Å². The second-order valence-corrected chi connectivity index (χ2v) is 5.70. The quantitative estimate of drug-likeness (QED) is 0.531. The SMILES string of the molecule is Cc1ccc2cnn(C)c2c1.Cc1ccc2n[nH]c(C)c2c1. The largest absolute Gasteiger partial charge is 0.282 e. The first kappa shape index (κ1) is 14.3. The number of fused-ring (bicyclic) bond motifs is 2. The van der Waals surface area contributed by atoms with Crippen molar-refractivity contribution in [2.24, 2.45) is 7.05 Å². The first-order valence-electron chi connectivity index (χ1n) is 7.34. The van der Waals surface area contributed by atoms with E-state index in [4.69, 9.17) is 0 Å². The van der Waals surface area contributed by atoms with Crippen molar-refractivity contribution in [1.82, 2.24) is 20.0 Å². The van der Waals surface area contributed by atoms with Crippen molar-refractivity contribution < 1.29 is 0 Å². The van der Waals surface area contributed by atoms with Crippen molar-refractivity contribution in [2.45, 2.75) is 20.8 Å². The Kier molecular flexibility index (Phi) is 3.67. The summed E-state index contributed by atoms with van der Waals surface area (Å²) in [7, 11) is 1.96. The van der Waals surface area contributed by atoms with Crippen molar-refractivity contribution in [3.8, 4) is 0 Å². The minimum absolute atomic E-state index is 1.05. The molecule has 0 aliphatic rings. The summed E-state index contributed by atoms with van der Waals surface area (Å²) < 4.78 is 1.89. The van der Waals surface area contributed by atoms with E-state index in [1.165, 1.54) is 27.4 Å². The van der Waals surface area contributed by atoms with Crippen LogP contribution in [0.5, 0.6) is 0 Å². The van der Waals surface area contributed by atoms with E-state index in [1.807, 2.05) is 30.9 Å². The van der Waals surface area contributed by atoms with Gasteiger partial charge < -0.3 is 0 Å². The molecule has 4 rings (SSSR count). The fraction of sp³-hybridized carbons (Fsp3) is 0.222. The molecule has 4 nitrogen and oxygen atoms in total. The molecule has 0 saturated heterocycles. The molecule has 2 aromatic heterocycles. The summed E-state index contributed by atoms with van der Waals surface area (Å²) in [5.41, 5.74) is 5.95. The monoisotopic (exact) mass is 292 g/mol. The number of benzene rings is 2. The standard InChI is InChI=1S/2C9H10N2/c1-7-3-4-8-6-10-11(2)9(8)5-7;1-6-3-4-9-8(5-6)7(2)10-11-9/h3-6H,1-2H3;3-5H,1-2H3,(H,10,11). The van der Waals surface area contributed by atoms with Crippen LogP contribution in [0.25, 0.3) is 21.8 Å². The fourth-order valence-electron chi connectivity index (χ4n) is 2.51. The van der Waals surface area contributed by atoms with Gasteiger partial charge in [-0.1, -0.05) is 23.8 Å². The van der Waals surface area contributed by atoms with E-state index in [9.17, 15) is 0 Å². The molecule has 2 heterocycles. The number of rotatable bonds is 0. The van der Waals surface area contributed by atoms with E-state index in [2.05, 4.69) is 59.5 Å². The molecular formula is C18H20N4. The highest BCUT2D eigenvalue weighted by molar-refractivity contribution is 5.81. The highest BCUT2D eigenvalue weighted by Gasteiger charge is 1.99. The third-order valence-electron chi connectivity index (χ3n) is 3.80. The van der Waals surface area contributed by atoms with Gasteiger partial charge in [0.05, 0.1) is 17.2 Å². The minimum atomic E-state index is 1.05. The molecule has 0 fully saturated rings. The minimum Gasteiger partial charge on any atom is -0.282 e. The number of aromatic amines is 1. The van der Waals surface area contributed by atoms with E-state index in [0.29, 0.717) is 0 Å². The lowest BCUT2D eigenvalue weighted by atomic mass is 10.1. The normalized spacial score (nSPS) is 10.7. The third kappa shape index (κ3) is 2.72. The summed E-state index contributed by atoms with van der Waals surface area (Å²) in [5.74, 6) is 0. The maximum Gasteiger partial charge on any atom is 0.0923 e. The van der Waals surface area contributed by atoms with Gasteiger partial charge in [0.25, 0.3) is 0 Å². The Bertz CT molecular complexity index is 853. The summed E-state index contributed by atoms with van der Waals surface area (Å²) in [4.78, 5) is 0. The number of H-pyrrole nitrogens is 1. The van der Waals surface area contributed by atoms with Crippen LogP contribution in [0.1, 0.15) is 16.8 Å². The number of nitrogens with zero attached hydrogens (tertiary/aromatic N) is 3. The lowest BCUT2D eigenvalue weighted by molar-refractivity contribution is 0.796. The summed E-state index contributed by atoms with van der Waals surface area (Å²) in [5, 5.41) is 13.7. The lowest BCUT2D eigenvalue weighted by Gasteiger charge is -1.94. The Labute approximate surface area is 129 Å². The van der Waals surface area contributed by atoms with Crippen LogP contribution in [-0.4, -0.2) is 20.0 Å². The van der Waals surface area contributed by atoms with E-state index in [1.54, 1.807) is 0 Å². The van der Waals surface area contributed by atoms with Crippen LogP contribution in [-0.2, 0) is 7.05 Å². The molecule has 0 saturated carbocycles. The fourth-order valence-corrected chi connectivity index (χ4v) is 2.51. The number of aryl methyl sites for hydroxylation is 4. The van der Waals surface area contributed by atoms with E-state index in [-0.39, 0.29) is 0 Å². The number of nitrogens with one attached hydrogen (secondary N) is 1. The van der Waals surface area contributed by atoms with E-state index in [0.717, 1.165) is 11.2 Å². The molecule has 0 atom stereocenters. The topological polar surface area (TPSA) is 46.5 Å². The first-order valence-corrected chi connectivity index (χ1v) is 7.34. The van der Waals surface area contributed by atoms with Gasteiger partial charge in [-0.3, -0.25) is 9.78 Å². The van der Waals surface area contributed by atoms with Crippen molar-refractivity contribution in [2.75, 3.05) is 0 Å². The predicted molar refractivity (Wildman–Crippen MR) is 91.0 cm³/mol. The van der Waals surface area contributed by atoms with Gasteiger partial charge in [0.15, 0.2) is 0 Å². The van der Waals surface area contributed by atoms with Gasteiger partial charge in [0.2, 0.25) is 0 Å². The maximum absolute atomic E-state index is 4.15. The van der Waals surface area contributed by atoms with Crippen LogP contribution in [0.3, 0.4) is 0 Å². The Hall–Kier alpha value is -2.62. The van der Waals surface area contributed by atoms with Crippen LogP contribution >= 0.6 is 0 Å². The molecule has 0 aliphatic carbocycles. The molecule has 0 amide bonds. The Morgan fingerprint density at radius 3 is 2.50 bits per heavy atom. The molecule has 1 N–H and O–H groups in total. The van der Waals surface area contributed by atoms with Crippen LogP contribution in [0, 0.1) is 20.8 Å². The first-order chi connectivity index (χ1) is 10.5. The molecule has 0 aliphatic heterocycles. The zero-order chi connectivity index (χ0) is 15.7. The zero-order valence-electron chi connectivity index (χ0n) is 13.4. The van der Waals surface area contributed by atoms with Gasteiger partial charge >= 0.3 is 0 Å². The van der Waals surface area contributed by atoms with E-state index < -0.39 is 0 Å². The van der Waals surface area contributed by atoms with Crippen LogP contribution in [0.2, 0.25) is 0 Å². The van der Waals surface area contributed by atoms with Gasteiger partial charge in [-0.25, -0.2) is 0 Å². The summed E-state index contributed by atoms with van der Waals surface area (Å²) in [6, 6.07) is 12.6. The van der Waals surface area contributed by atoms with Crippen LogP contribution in [0.15, 0.2) is 42.6 Å². The Morgan fingerprint density at radius 2 is 1.68 bits per heavy atom. The highest BCUT2D eigenvalue weighted by atomic mass is 15.2. The summed E-state index contributed by atoms with van der Waals surface area (Å²) >= 11 is 0. The molecule has 4 aromatic rings. The number of hydrogen-bond acceptors (Lipinski definition) is 2. The lowest BCUT2D eigenvalue weighted by Crippen LogP contribution is -1.88. The zero-order valence-corrected chi connectivity index (χ0v) is 13.4. The molecule has 22 heavy (non-hydrogen) atoms. The predicted octanol–water partition coefficient (Wildman–Crippen LogP) is 4.06. The molecule has 0 spiro atoms. The Balaban J connectivity index is 0.000000131. The van der Waals surface area contributed by atoms with Crippen molar-refractivity contribution in [1.29, 1.82) is 0 Å². The molecule has 4 heteroatoms. The van der Waals surface area contributed by atoms with Crippen molar-refractivity contribution >= 4 is 21.8 Å². The molecule has 0 unspecified atom stereocenters. The summed E-state index contributed by atoms with van der Waals surface area (Å²) in [6.45, 7) is 6.22. The van der Waals surface area contributed by atoms with Crippen LogP contribution in [0.4, 0.5) is 0 Å². The maximum atomic E-state index is 4.15. The third-order valence-corrected chi connectivity index (χ3v) is 3.80. The summed E-state index contributed by atoms with van der Waals surface area (Å²) in [6.07, 6.45) is 1.88. The molecule has 0 bridgehead atoms. The second kappa shape index (κ2) is 5.64. The number of aromatic nitrogens is 4. The number of hydrogen-bond donors (Lipinski definition) is 1. The smallest absolute Gasteiger partial charge is 0.0923 e. The average Bonchev–Trinajstić information content (AvgIpc) is 3.04. The molecule has 2 aromatic carbocycles. The molecule has 112 valence electrons. The van der Waals surface area contributed by atoms with Crippen LogP contribution < -0.4 is 0 Å². The van der Waals surface area contributed by atoms with Gasteiger partial charge in [-0.15, -0.1) is 0 Å². The van der Waals surface area contributed by atoms with Gasteiger partial charge in [0.1, 0.15) is 0 Å². The Morgan fingerprint density at radius 1 is 0.955 bits per heavy atom. The molecule has 0 radical (unpaired) electrons. The second-order valence-electron chi connectivity index (χ2n) is 5.70. The molecular weight excluding hydrogens is 272 g/mol. The van der Waals surface area contributed by atoms with Crippen molar-refractivity contribution in [3.63, 3.8) is 0 Å². The van der Waals surface area contributed by atoms with Gasteiger partial charge in [-0.2, -0.15) is 10.2 Å². The average molecular weight is 292 g/mol. The van der Waals surface area contributed by atoms with Gasteiger partial charge in [-0.05, 0) is 44.5 Å².